The molecule has 4 atom stereocenters. The summed E-state index contributed by atoms with van der Waals surface area (Å²) < 4.78 is 6.81. The summed E-state index contributed by atoms with van der Waals surface area (Å²) in [5.41, 5.74) is 2.34. The normalized spacial score (nSPS) is 30.4. The van der Waals surface area contributed by atoms with E-state index in [0.717, 1.165) is 42.9 Å². The van der Waals surface area contributed by atoms with E-state index < -0.39 is 0 Å². The maximum atomic E-state index is 13.0. The Bertz CT molecular complexity index is 1090. The van der Waals surface area contributed by atoms with Gasteiger partial charge in [-0.3, -0.25) is 4.79 Å². The maximum Gasteiger partial charge on any atom is 0.224 e. The van der Waals surface area contributed by atoms with Crippen molar-refractivity contribution in [1.29, 1.82) is 0 Å². The molecule has 2 saturated carbocycles. The van der Waals surface area contributed by atoms with E-state index >= 15 is 0 Å². The third-order valence-corrected chi connectivity index (χ3v) is 9.51. The van der Waals surface area contributed by atoms with Gasteiger partial charge in [-0.15, -0.1) is 0 Å². The Morgan fingerprint density at radius 3 is 2.69 bits per heavy atom. The van der Waals surface area contributed by atoms with Crippen molar-refractivity contribution in [3.8, 4) is 5.75 Å². The molecule has 1 saturated heterocycles. The SMILES string of the molecule is COc1cccc([C@@]23CC[N@+](C)(CC4CC4)CC2CC[C@H](NC(=O)Cc2ccc(Cl)c(Cl)c2)C3)c1. The number of nitrogens with zero attached hydrogens (tertiary/aromatic N) is 1. The van der Waals surface area contributed by atoms with Crippen molar-refractivity contribution in [3.05, 3.63) is 63.6 Å². The number of piperidine rings is 1. The molecule has 5 rings (SSSR count). The molecule has 1 aliphatic heterocycles. The van der Waals surface area contributed by atoms with Gasteiger partial charge in [-0.1, -0.05) is 41.4 Å². The average molecular weight is 517 g/mol. The fourth-order valence-electron chi connectivity index (χ4n) is 6.81. The van der Waals surface area contributed by atoms with Gasteiger partial charge in [-0.2, -0.15) is 0 Å². The van der Waals surface area contributed by atoms with Crippen LogP contribution in [-0.4, -0.2) is 50.2 Å². The van der Waals surface area contributed by atoms with Crippen molar-refractivity contribution in [2.24, 2.45) is 11.8 Å². The number of amides is 1. The molecular weight excluding hydrogens is 479 g/mol. The molecule has 35 heavy (non-hydrogen) atoms. The number of hydrogen-bond acceptors (Lipinski definition) is 2. The lowest BCUT2D eigenvalue weighted by Gasteiger charge is -2.55. The van der Waals surface area contributed by atoms with Crippen LogP contribution in [0.3, 0.4) is 0 Å². The summed E-state index contributed by atoms with van der Waals surface area (Å²) in [7, 11) is 4.21. The van der Waals surface area contributed by atoms with E-state index in [1.54, 1.807) is 19.2 Å². The Morgan fingerprint density at radius 1 is 1.11 bits per heavy atom. The zero-order valence-electron chi connectivity index (χ0n) is 20.9. The van der Waals surface area contributed by atoms with E-state index in [2.05, 4.69) is 30.6 Å². The molecule has 4 nitrogen and oxygen atoms in total. The second-order valence-electron chi connectivity index (χ2n) is 11.5. The van der Waals surface area contributed by atoms with Crippen LogP contribution in [0, 0.1) is 11.8 Å². The number of benzene rings is 2. The van der Waals surface area contributed by atoms with Gasteiger partial charge in [0.15, 0.2) is 0 Å². The van der Waals surface area contributed by atoms with Crippen LogP contribution in [-0.2, 0) is 16.6 Å². The number of quaternary nitrogens is 1. The van der Waals surface area contributed by atoms with Gasteiger partial charge in [-0.25, -0.2) is 0 Å². The lowest BCUT2D eigenvalue weighted by molar-refractivity contribution is -0.921. The van der Waals surface area contributed by atoms with Gasteiger partial charge in [0.25, 0.3) is 0 Å². The first-order valence-electron chi connectivity index (χ1n) is 13.0. The van der Waals surface area contributed by atoms with E-state index in [4.69, 9.17) is 27.9 Å². The second kappa shape index (κ2) is 9.95. The molecule has 3 fully saturated rings. The van der Waals surface area contributed by atoms with Crippen LogP contribution in [0.4, 0.5) is 0 Å². The predicted molar refractivity (Wildman–Crippen MR) is 142 cm³/mol. The summed E-state index contributed by atoms with van der Waals surface area (Å²) in [5.74, 6) is 2.52. The van der Waals surface area contributed by atoms with Crippen molar-refractivity contribution in [2.45, 2.75) is 56.4 Å². The van der Waals surface area contributed by atoms with Crippen LogP contribution in [0.25, 0.3) is 0 Å². The van der Waals surface area contributed by atoms with Crippen molar-refractivity contribution in [2.75, 3.05) is 33.8 Å². The first-order valence-corrected chi connectivity index (χ1v) is 13.8. The van der Waals surface area contributed by atoms with E-state index in [-0.39, 0.29) is 17.4 Å². The largest absolute Gasteiger partial charge is 0.497 e. The second-order valence-corrected chi connectivity index (χ2v) is 12.3. The van der Waals surface area contributed by atoms with Gasteiger partial charge in [-0.05, 0) is 67.5 Å². The summed E-state index contributed by atoms with van der Waals surface area (Å²) in [6, 6.07) is 14.3. The maximum absolute atomic E-state index is 13.0. The van der Waals surface area contributed by atoms with Gasteiger partial charge in [0.2, 0.25) is 5.91 Å². The minimum atomic E-state index is 0.0535. The molecule has 1 heterocycles. The quantitative estimate of drug-likeness (QED) is 0.457. The minimum Gasteiger partial charge on any atom is -0.497 e. The molecule has 1 unspecified atom stereocenters. The number of ether oxygens (including phenoxy) is 1. The molecule has 1 N–H and O–H groups in total. The van der Waals surface area contributed by atoms with Gasteiger partial charge >= 0.3 is 0 Å². The Balaban J connectivity index is 1.34. The molecule has 2 aromatic rings. The van der Waals surface area contributed by atoms with Crippen molar-refractivity contribution in [3.63, 3.8) is 0 Å². The first kappa shape index (κ1) is 24.9. The number of methoxy groups -OCH3 is 1. The smallest absolute Gasteiger partial charge is 0.224 e. The third kappa shape index (κ3) is 5.50. The monoisotopic (exact) mass is 515 g/mol. The summed E-state index contributed by atoms with van der Waals surface area (Å²) in [5, 5.41) is 4.37. The number of fused-ring (bicyclic) bond motifs is 1. The summed E-state index contributed by atoms with van der Waals surface area (Å²) in [4.78, 5) is 13.0. The molecule has 0 aromatic heterocycles. The van der Waals surface area contributed by atoms with Crippen molar-refractivity contribution < 1.29 is 14.0 Å². The van der Waals surface area contributed by atoms with Crippen LogP contribution in [0.15, 0.2) is 42.5 Å². The Morgan fingerprint density at radius 2 is 1.94 bits per heavy atom. The van der Waals surface area contributed by atoms with Crippen molar-refractivity contribution in [1.82, 2.24) is 5.32 Å². The zero-order valence-corrected chi connectivity index (χ0v) is 22.4. The number of halogens is 2. The summed E-state index contributed by atoms with van der Waals surface area (Å²) in [6.45, 7) is 3.76. The number of likely N-dealkylation sites (tertiary alicyclic amines) is 1. The number of hydrogen-bond donors (Lipinski definition) is 1. The third-order valence-electron chi connectivity index (χ3n) is 8.77. The van der Waals surface area contributed by atoms with E-state index in [9.17, 15) is 4.79 Å². The topological polar surface area (TPSA) is 38.3 Å². The number of nitrogens with one attached hydrogen (secondary N) is 1. The van der Waals surface area contributed by atoms with E-state index in [0.29, 0.717) is 22.4 Å². The lowest BCUT2D eigenvalue weighted by atomic mass is 9.57. The van der Waals surface area contributed by atoms with Gasteiger partial charge < -0.3 is 14.5 Å². The van der Waals surface area contributed by atoms with Crippen LogP contribution in [0.1, 0.15) is 49.7 Å². The minimum absolute atomic E-state index is 0.0535. The highest BCUT2D eigenvalue weighted by atomic mass is 35.5. The summed E-state index contributed by atoms with van der Waals surface area (Å²) >= 11 is 12.2. The van der Waals surface area contributed by atoms with Crippen LogP contribution in [0.5, 0.6) is 5.75 Å². The number of carbonyl (C=O) groups excluding carboxylic acids is 1. The number of carbonyl (C=O) groups is 1. The molecule has 1 amide bonds. The highest BCUT2D eigenvalue weighted by Gasteiger charge is 2.53. The first-order chi connectivity index (χ1) is 16.8. The molecule has 188 valence electrons. The van der Waals surface area contributed by atoms with Crippen LogP contribution < -0.4 is 10.1 Å². The number of rotatable bonds is 7. The van der Waals surface area contributed by atoms with Gasteiger partial charge in [0.05, 0.1) is 50.3 Å². The zero-order chi connectivity index (χ0) is 24.6. The fourth-order valence-corrected chi connectivity index (χ4v) is 7.13. The standard InChI is InChI=1S/C29H36Cl2N2O2/c1-33(18-20-6-7-20)13-12-29(22-4-3-5-25(16-22)35-2)17-24(10-9-23(29)19-33)32-28(34)15-21-8-11-26(30)27(31)14-21/h3-5,8,11,14,16,20,23-24H,6-7,9-10,12-13,15,17-19H2,1-2H3/p+1/t23?,24-,29-,33+/m0/s1. The van der Waals surface area contributed by atoms with Crippen LogP contribution in [0.2, 0.25) is 10.0 Å². The fraction of sp³-hybridized carbons (Fsp3) is 0.552. The molecule has 2 aliphatic carbocycles. The Labute approximate surface area is 219 Å². The molecule has 0 bridgehead atoms. The molecular formula is C29H37Cl2N2O2+. The average Bonchev–Trinajstić information content (AvgIpc) is 3.65. The van der Waals surface area contributed by atoms with Crippen LogP contribution >= 0.6 is 23.2 Å². The molecule has 0 radical (unpaired) electrons. The predicted octanol–water partition coefficient (Wildman–Crippen LogP) is 6.03. The highest BCUT2D eigenvalue weighted by molar-refractivity contribution is 6.42. The highest BCUT2D eigenvalue weighted by Crippen LogP contribution is 2.51. The van der Waals surface area contributed by atoms with E-state index in [1.165, 1.54) is 42.5 Å². The van der Waals surface area contributed by atoms with Crippen molar-refractivity contribution >= 4 is 29.1 Å². The molecule has 2 aromatic carbocycles. The summed E-state index contributed by atoms with van der Waals surface area (Å²) in [6.07, 6.45) is 7.47. The Kier molecular flexibility index (Phi) is 7.09. The Hall–Kier alpha value is -1.75. The van der Waals surface area contributed by atoms with Gasteiger partial charge in [0, 0.05) is 29.7 Å². The van der Waals surface area contributed by atoms with E-state index in [1.807, 2.05) is 12.1 Å². The molecule has 3 aliphatic rings. The molecule has 0 spiro atoms. The lowest BCUT2D eigenvalue weighted by Crippen LogP contribution is -2.62. The molecule has 6 heteroatoms. The van der Waals surface area contributed by atoms with Gasteiger partial charge in [0.1, 0.15) is 5.75 Å².